The summed E-state index contributed by atoms with van der Waals surface area (Å²) in [5.41, 5.74) is 2.10. The standard InChI is InChI=1S/C17H20N4O3.ClH/c22-17(13-2-1-7-18-13)19-8-5-15-20-16(21-24-15)12-3-4-14-11(10-12)6-9-23-14;/h3-4,10,13,18H,1-2,5-9H2,(H,19,22);1H. The van der Waals surface area contributed by atoms with Gasteiger partial charge in [-0.2, -0.15) is 4.98 Å². The van der Waals surface area contributed by atoms with Gasteiger partial charge in [0, 0.05) is 24.9 Å². The number of fused-ring (bicyclic) bond motifs is 1. The molecule has 1 aromatic heterocycles. The van der Waals surface area contributed by atoms with Crippen molar-refractivity contribution in [1.29, 1.82) is 0 Å². The van der Waals surface area contributed by atoms with E-state index < -0.39 is 0 Å². The molecule has 0 radical (unpaired) electrons. The maximum atomic E-state index is 11.9. The zero-order chi connectivity index (χ0) is 16.4. The van der Waals surface area contributed by atoms with E-state index in [1.165, 1.54) is 5.56 Å². The topological polar surface area (TPSA) is 89.3 Å². The van der Waals surface area contributed by atoms with Crippen LogP contribution in [0.15, 0.2) is 22.7 Å². The van der Waals surface area contributed by atoms with E-state index in [1.54, 1.807) is 0 Å². The van der Waals surface area contributed by atoms with Crippen molar-refractivity contribution in [3.8, 4) is 17.1 Å². The van der Waals surface area contributed by atoms with Gasteiger partial charge in [0.2, 0.25) is 17.6 Å². The van der Waals surface area contributed by atoms with Crippen molar-refractivity contribution in [2.75, 3.05) is 19.7 Å². The smallest absolute Gasteiger partial charge is 0.237 e. The van der Waals surface area contributed by atoms with Gasteiger partial charge in [-0.1, -0.05) is 5.16 Å². The second-order valence-corrected chi connectivity index (χ2v) is 6.12. The second-order valence-electron chi connectivity index (χ2n) is 6.12. The van der Waals surface area contributed by atoms with Crippen LogP contribution in [-0.4, -0.2) is 41.8 Å². The summed E-state index contributed by atoms with van der Waals surface area (Å²) in [7, 11) is 0. The molecular weight excluding hydrogens is 344 g/mol. The Morgan fingerprint density at radius 3 is 3.16 bits per heavy atom. The number of benzene rings is 1. The van der Waals surface area contributed by atoms with Crippen molar-refractivity contribution in [3.63, 3.8) is 0 Å². The highest BCUT2D eigenvalue weighted by atomic mass is 35.5. The molecule has 1 fully saturated rings. The van der Waals surface area contributed by atoms with Gasteiger partial charge in [0.15, 0.2) is 0 Å². The lowest BCUT2D eigenvalue weighted by Gasteiger charge is -2.09. The molecule has 2 aliphatic rings. The number of hydrogen-bond donors (Lipinski definition) is 2. The molecule has 1 aromatic carbocycles. The van der Waals surface area contributed by atoms with Gasteiger partial charge in [-0.05, 0) is 43.1 Å². The Labute approximate surface area is 151 Å². The van der Waals surface area contributed by atoms with Crippen LogP contribution < -0.4 is 15.4 Å². The summed E-state index contributed by atoms with van der Waals surface area (Å²) in [6.45, 7) is 2.14. The SMILES string of the molecule is Cl.O=C(NCCc1nc(-c2ccc3c(c2)CCO3)no1)C1CCCN1. The second kappa shape index (κ2) is 7.84. The molecule has 1 atom stereocenters. The Morgan fingerprint density at radius 1 is 1.40 bits per heavy atom. The number of rotatable bonds is 5. The summed E-state index contributed by atoms with van der Waals surface area (Å²) >= 11 is 0. The Balaban J connectivity index is 0.00000182. The lowest BCUT2D eigenvalue weighted by atomic mass is 10.1. The Kier molecular flexibility index (Phi) is 5.55. The minimum absolute atomic E-state index is 0. The van der Waals surface area contributed by atoms with Crippen LogP contribution in [0, 0.1) is 0 Å². The average Bonchev–Trinajstić information content (AvgIpc) is 3.34. The van der Waals surface area contributed by atoms with Gasteiger partial charge >= 0.3 is 0 Å². The molecule has 4 rings (SSSR count). The highest BCUT2D eigenvalue weighted by Crippen LogP contribution is 2.29. The van der Waals surface area contributed by atoms with Crippen LogP contribution in [0.1, 0.15) is 24.3 Å². The van der Waals surface area contributed by atoms with Crippen molar-refractivity contribution < 1.29 is 14.1 Å². The van der Waals surface area contributed by atoms with Crippen LogP contribution in [0.4, 0.5) is 0 Å². The maximum Gasteiger partial charge on any atom is 0.237 e. The number of amides is 1. The number of nitrogens with one attached hydrogen (secondary N) is 2. The van der Waals surface area contributed by atoms with Crippen molar-refractivity contribution in [2.45, 2.75) is 31.7 Å². The molecule has 1 amide bonds. The first-order chi connectivity index (χ1) is 11.8. The maximum absolute atomic E-state index is 11.9. The summed E-state index contributed by atoms with van der Waals surface area (Å²) in [5.74, 6) is 2.08. The lowest BCUT2D eigenvalue weighted by molar-refractivity contribution is -0.122. The first kappa shape index (κ1) is 17.7. The summed E-state index contributed by atoms with van der Waals surface area (Å²) < 4.78 is 10.8. The van der Waals surface area contributed by atoms with Crippen LogP contribution in [-0.2, 0) is 17.6 Å². The fourth-order valence-corrected chi connectivity index (χ4v) is 3.12. The van der Waals surface area contributed by atoms with Gasteiger partial charge in [0.25, 0.3) is 0 Å². The molecular formula is C17H21ClN4O3. The van der Waals surface area contributed by atoms with Crippen molar-refractivity contribution in [3.05, 3.63) is 29.7 Å². The molecule has 3 heterocycles. The molecule has 7 nitrogen and oxygen atoms in total. The minimum Gasteiger partial charge on any atom is -0.493 e. The Hall–Kier alpha value is -2.12. The minimum atomic E-state index is -0.0584. The van der Waals surface area contributed by atoms with E-state index in [-0.39, 0.29) is 24.4 Å². The fraction of sp³-hybridized carbons (Fsp3) is 0.471. The van der Waals surface area contributed by atoms with Crippen molar-refractivity contribution in [2.24, 2.45) is 0 Å². The summed E-state index contributed by atoms with van der Waals surface area (Å²) in [6, 6.07) is 5.87. The number of carbonyl (C=O) groups excluding carboxylic acids is 1. The Morgan fingerprint density at radius 2 is 2.32 bits per heavy atom. The monoisotopic (exact) mass is 364 g/mol. The summed E-state index contributed by atoms with van der Waals surface area (Å²) in [6.07, 6.45) is 3.39. The third-order valence-electron chi connectivity index (χ3n) is 4.43. The molecule has 2 aliphatic heterocycles. The third kappa shape index (κ3) is 3.93. The van der Waals surface area contributed by atoms with Gasteiger partial charge in [0.05, 0.1) is 12.6 Å². The Bertz CT molecular complexity index is 743. The molecule has 2 N–H and O–H groups in total. The average molecular weight is 365 g/mol. The van der Waals surface area contributed by atoms with Crippen LogP contribution >= 0.6 is 12.4 Å². The van der Waals surface area contributed by atoms with Gasteiger partial charge in [-0.15, -0.1) is 12.4 Å². The van der Waals surface area contributed by atoms with Crippen molar-refractivity contribution >= 4 is 18.3 Å². The zero-order valence-corrected chi connectivity index (χ0v) is 14.6. The molecule has 0 spiro atoms. The van der Waals surface area contributed by atoms with Gasteiger partial charge < -0.3 is 19.9 Å². The van der Waals surface area contributed by atoms with E-state index in [4.69, 9.17) is 9.26 Å². The zero-order valence-electron chi connectivity index (χ0n) is 13.8. The number of hydrogen-bond acceptors (Lipinski definition) is 6. The lowest BCUT2D eigenvalue weighted by Crippen LogP contribution is -2.41. The fourth-order valence-electron chi connectivity index (χ4n) is 3.12. The van der Waals surface area contributed by atoms with Gasteiger partial charge in [0.1, 0.15) is 5.75 Å². The van der Waals surface area contributed by atoms with E-state index in [9.17, 15) is 4.79 Å². The number of halogens is 1. The van der Waals surface area contributed by atoms with Crippen LogP contribution in [0.2, 0.25) is 0 Å². The van der Waals surface area contributed by atoms with Crippen LogP contribution in [0.5, 0.6) is 5.75 Å². The highest BCUT2D eigenvalue weighted by molar-refractivity contribution is 5.85. The van der Waals surface area contributed by atoms with E-state index in [0.29, 0.717) is 24.7 Å². The van der Waals surface area contributed by atoms with Crippen LogP contribution in [0.3, 0.4) is 0 Å². The quantitative estimate of drug-likeness (QED) is 0.835. The largest absolute Gasteiger partial charge is 0.493 e. The number of carbonyl (C=O) groups is 1. The van der Waals surface area contributed by atoms with E-state index in [1.807, 2.05) is 18.2 Å². The molecule has 0 saturated carbocycles. The molecule has 25 heavy (non-hydrogen) atoms. The number of aromatic nitrogens is 2. The first-order valence-corrected chi connectivity index (χ1v) is 8.39. The molecule has 134 valence electrons. The van der Waals surface area contributed by atoms with E-state index in [0.717, 1.165) is 43.7 Å². The molecule has 0 aliphatic carbocycles. The third-order valence-corrected chi connectivity index (χ3v) is 4.43. The van der Waals surface area contributed by atoms with Crippen molar-refractivity contribution in [1.82, 2.24) is 20.8 Å². The molecule has 0 bridgehead atoms. The summed E-state index contributed by atoms with van der Waals surface area (Å²) in [4.78, 5) is 16.3. The molecule has 1 unspecified atom stereocenters. The number of nitrogens with zero attached hydrogens (tertiary/aromatic N) is 2. The normalized spacial score (nSPS) is 18.3. The molecule has 1 saturated heterocycles. The van der Waals surface area contributed by atoms with Gasteiger partial charge in [-0.25, -0.2) is 0 Å². The molecule has 8 heteroatoms. The van der Waals surface area contributed by atoms with Gasteiger partial charge in [-0.3, -0.25) is 4.79 Å². The first-order valence-electron chi connectivity index (χ1n) is 8.39. The predicted molar refractivity (Wildman–Crippen MR) is 93.9 cm³/mol. The highest BCUT2D eigenvalue weighted by Gasteiger charge is 2.21. The molecule has 2 aromatic rings. The predicted octanol–water partition coefficient (Wildman–Crippen LogP) is 1.50. The summed E-state index contributed by atoms with van der Waals surface area (Å²) in [5, 5.41) is 10.1. The van der Waals surface area contributed by atoms with E-state index in [2.05, 4.69) is 20.8 Å². The van der Waals surface area contributed by atoms with E-state index >= 15 is 0 Å². The van der Waals surface area contributed by atoms with Crippen LogP contribution in [0.25, 0.3) is 11.4 Å². The number of ether oxygens (including phenoxy) is 1.